The third kappa shape index (κ3) is 6.71. The molecule has 0 aromatic heterocycles. The van der Waals surface area contributed by atoms with Crippen molar-refractivity contribution in [3.8, 4) is 23.8 Å². The first-order chi connectivity index (χ1) is 16.0. The van der Waals surface area contributed by atoms with Gasteiger partial charge in [-0.3, -0.25) is 14.4 Å². The monoisotopic (exact) mass is 442 g/mol. The van der Waals surface area contributed by atoms with Crippen LogP contribution in [0.5, 0.6) is 11.5 Å². The second-order valence-electron chi connectivity index (χ2n) is 7.05. The number of hydrogen-bond acceptors (Lipinski definition) is 5. The van der Waals surface area contributed by atoms with E-state index in [9.17, 15) is 19.5 Å². The van der Waals surface area contributed by atoms with Crippen LogP contribution in [-0.2, 0) is 16.0 Å². The SMILES string of the molecule is C#CCOc1ccc(C(=O)c2ccc(NC(=O)C(=O)NCCc3ccc(O)cc3)cc2)cc1. The minimum absolute atomic E-state index is 0.150. The Bertz CT molecular complexity index is 1160. The van der Waals surface area contributed by atoms with Crippen LogP contribution < -0.4 is 15.4 Å². The number of ether oxygens (including phenoxy) is 1. The fourth-order valence-corrected chi connectivity index (χ4v) is 2.95. The van der Waals surface area contributed by atoms with Crippen LogP contribution in [0.4, 0.5) is 5.69 Å². The molecule has 3 aromatic rings. The van der Waals surface area contributed by atoms with Gasteiger partial charge in [0.2, 0.25) is 0 Å². The Labute approximate surface area is 191 Å². The predicted octanol–water partition coefficient (Wildman–Crippen LogP) is 2.93. The topological polar surface area (TPSA) is 105 Å². The highest BCUT2D eigenvalue weighted by atomic mass is 16.5. The zero-order valence-corrected chi connectivity index (χ0v) is 17.7. The molecule has 3 rings (SSSR count). The molecule has 0 unspecified atom stereocenters. The fourth-order valence-electron chi connectivity index (χ4n) is 2.95. The first-order valence-electron chi connectivity index (χ1n) is 10.1. The van der Waals surface area contributed by atoms with E-state index >= 15 is 0 Å². The summed E-state index contributed by atoms with van der Waals surface area (Å²) in [5.74, 6) is 1.35. The molecule has 0 heterocycles. The van der Waals surface area contributed by atoms with E-state index in [2.05, 4.69) is 16.6 Å². The van der Waals surface area contributed by atoms with Gasteiger partial charge >= 0.3 is 11.8 Å². The fraction of sp³-hybridized carbons (Fsp3) is 0.115. The molecule has 0 fully saturated rings. The van der Waals surface area contributed by atoms with Crippen molar-refractivity contribution in [2.45, 2.75) is 6.42 Å². The first-order valence-corrected chi connectivity index (χ1v) is 10.1. The van der Waals surface area contributed by atoms with Crippen molar-refractivity contribution in [1.82, 2.24) is 5.32 Å². The van der Waals surface area contributed by atoms with Gasteiger partial charge in [0.25, 0.3) is 0 Å². The molecule has 0 aliphatic heterocycles. The summed E-state index contributed by atoms with van der Waals surface area (Å²) >= 11 is 0. The molecule has 7 heteroatoms. The van der Waals surface area contributed by atoms with Crippen molar-refractivity contribution in [3.63, 3.8) is 0 Å². The Balaban J connectivity index is 1.50. The number of carbonyl (C=O) groups is 3. The van der Waals surface area contributed by atoms with Crippen LogP contribution in [0.3, 0.4) is 0 Å². The maximum absolute atomic E-state index is 12.6. The Morgan fingerprint density at radius 3 is 2.06 bits per heavy atom. The number of amides is 2. The molecule has 3 aromatic carbocycles. The number of ketones is 1. The van der Waals surface area contributed by atoms with E-state index in [4.69, 9.17) is 11.2 Å². The second kappa shape index (κ2) is 11.2. The summed E-state index contributed by atoms with van der Waals surface area (Å²) in [6.45, 7) is 0.425. The molecule has 0 atom stereocenters. The highest BCUT2D eigenvalue weighted by molar-refractivity contribution is 6.39. The maximum atomic E-state index is 12.6. The normalized spacial score (nSPS) is 10.0. The quantitative estimate of drug-likeness (QED) is 0.283. The molecular formula is C26H22N2O5. The van der Waals surface area contributed by atoms with Gasteiger partial charge in [0.15, 0.2) is 5.78 Å². The van der Waals surface area contributed by atoms with Crippen molar-refractivity contribution in [3.05, 3.63) is 89.5 Å². The zero-order valence-electron chi connectivity index (χ0n) is 17.7. The average Bonchev–Trinajstić information content (AvgIpc) is 2.84. The number of rotatable bonds is 8. The molecule has 7 nitrogen and oxygen atoms in total. The summed E-state index contributed by atoms with van der Waals surface area (Å²) in [6, 6.07) is 19.5. The largest absolute Gasteiger partial charge is 0.508 e. The lowest BCUT2D eigenvalue weighted by Gasteiger charge is -2.08. The van der Waals surface area contributed by atoms with E-state index in [0.717, 1.165) is 5.56 Å². The predicted molar refractivity (Wildman–Crippen MR) is 124 cm³/mol. The number of aromatic hydroxyl groups is 1. The molecule has 0 radical (unpaired) electrons. The number of carbonyl (C=O) groups excluding carboxylic acids is 3. The Morgan fingerprint density at radius 2 is 1.45 bits per heavy atom. The molecule has 0 aliphatic carbocycles. The van der Waals surface area contributed by atoms with Gasteiger partial charge in [-0.2, -0.15) is 0 Å². The Kier molecular flexibility index (Phi) is 7.81. The molecule has 0 bridgehead atoms. The summed E-state index contributed by atoms with van der Waals surface area (Å²) < 4.78 is 5.29. The number of phenols is 1. The van der Waals surface area contributed by atoms with Crippen LogP contribution in [0, 0.1) is 12.3 Å². The molecule has 33 heavy (non-hydrogen) atoms. The number of benzene rings is 3. The number of terminal acetylenes is 1. The summed E-state index contributed by atoms with van der Waals surface area (Å²) in [6.07, 6.45) is 5.67. The molecule has 0 aliphatic rings. The lowest BCUT2D eigenvalue weighted by atomic mass is 10.0. The highest BCUT2D eigenvalue weighted by Gasteiger charge is 2.14. The van der Waals surface area contributed by atoms with Crippen LogP contribution >= 0.6 is 0 Å². The molecule has 0 saturated carbocycles. The van der Waals surface area contributed by atoms with Crippen molar-refractivity contribution in [2.75, 3.05) is 18.5 Å². The smallest absolute Gasteiger partial charge is 0.313 e. The van der Waals surface area contributed by atoms with E-state index in [1.165, 1.54) is 0 Å². The standard InChI is InChI=1S/C26H22N2O5/c1-2-17-33-23-13-7-20(8-14-23)24(30)19-5-9-21(10-6-19)28-26(32)25(31)27-16-15-18-3-11-22(29)12-4-18/h1,3-14,29H,15-17H2,(H,27,31)(H,28,32). The third-order valence-corrected chi connectivity index (χ3v) is 4.69. The summed E-state index contributed by atoms with van der Waals surface area (Å²) in [4.78, 5) is 36.7. The Morgan fingerprint density at radius 1 is 0.848 bits per heavy atom. The van der Waals surface area contributed by atoms with Gasteiger partial charge in [-0.15, -0.1) is 6.42 Å². The molecule has 0 saturated heterocycles. The summed E-state index contributed by atoms with van der Waals surface area (Å²) in [5, 5.41) is 14.3. The lowest BCUT2D eigenvalue weighted by molar-refractivity contribution is -0.136. The van der Waals surface area contributed by atoms with Gasteiger partial charge in [-0.05, 0) is 72.6 Å². The molecule has 3 N–H and O–H groups in total. The molecule has 166 valence electrons. The van der Waals surface area contributed by atoms with E-state index in [0.29, 0.717) is 29.0 Å². The van der Waals surface area contributed by atoms with Crippen LogP contribution in [0.25, 0.3) is 0 Å². The third-order valence-electron chi connectivity index (χ3n) is 4.69. The molecule has 0 spiro atoms. The average molecular weight is 442 g/mol. The number of nitrogens with one attached hydrogen (secondary N) is 2. The van der Waals surface area contributed by atoms with Crippen LogP contribution in [0.1, 0.15) is 21.5 Å². The number of anilines is 1. The lowest BCUT2D eigenvalue weighted by Crippen LogP contribution is -2.36. The van der Waals surface area contributed by atoms with E-state index < -0.39 is 11.8 Å². The Hall–Kier alpha value is -4.57. The van der Waals surface area contributed by atoms with Crippen molar-refractivity contribution in [1.29, 1.82) is 0 Å². The zero-order chi connectivity index (χ0) is 23.6. The van der Waals surface area contributed by atoms with Crippen molar-refractivity contribution >= 4 is 23.3 Å². The van der Waals surface area contributed by atoms with Gasteiger partial charge in [-0.25, -0.2) is 0 Å². The minimum Gasteiger partial charge on any atom is -0.508 e. The molecule has 2 amide bonds. The van der Waals surface area contributed by atoms with Crippen LogP contribution in [0.2, 0.25) is 0 Å². The van der Waals surface area contributed by atoms with Gasteiger partial charge in [-0.1, -0.05) is 18.1 Å². The van der Waals surface area contributed by atoms with Crippen molar-refractivity contribution in [2.24, 2.45) is 0 Å². The number of phenolic OH excluding ortho intramolecular Hbond substituents is 1. The van der Waals surface area contributed by atoms with E-state index in [1.807, 2.05) is 0 Å². The van der Waals surface area contributed by atoms with Crippen LogP contribution in [0.15, 0.2) is 72.8 Å². The first kappa shape index (κ1) is 23.1. The highest BCUT2D eigenvalue weighted by Crippen LogP contribution is 2.17. The number of hydrogen-bond donors (Lipinski definition) is 3. The van der Waals surface area contributed by atoms with Gasteiger partial charge < -0.3 is 20.5 Å². The van der Waals surface area contributed by atoms with E-state index in [-0.39, 0.29) is 24.7 Å². The van der Waals surface area contributed by atoms with Crippen molar-refractivity contribution < 1.29 is 24.2 Å². The van der Waals surface area contributed by atoms with Gasteiger partial charge in [0.05, 0.1) is 0 Å². The van der Waals surface area contributed by atoms with E-state index in [1.54, 1.807) is 72.8 Å². The second-order valence-corrected chi connectivity index (χ2v) is 7.05. The summed E-state index contributed by atoms with van der Waals surface area (Å²) in [5.41, 5.74) is 2.23. The summed E-state index contributed by atoms with van der Waals surface area (Å²) in [7, 11) is 0. The minimum atomic E-state index is -0.803. The van der Waals surface area contributed by atoms with Gasteiger partial charge in [0, 0.05) is 23.4 Å². The molecular weight excluding hydrogens is 420 g/mol. The van der Waals surface area contributed by atoms with Crippen LogP contribution in [-0.4, -0.2) is 35.9 Å². The van der Waals surface area contributed by atoms with Gasteiger partial charge in [0.1, 0.15) is 18.1 Å². The maximum Gasteiger partial charge on any atom is 0.313 e.